The highest BCUT2D eigenvalue weighted by Gasteiger charge is 2.28. The van der Waals surface area contributed by atoms with Gasteiger partial charge < -0.3 is 5.11 Å². The number of aliphatic carboxylic acids is 1. The van der Waals surface area contributed by atoms with Crippen LogP contribution in [-0.2, 0) is 15.0 Å². The minimum atomic E-state index is -3.76. The van der Waals surface area contributed by atoms with E-state index in [4.69, 9.17) is 5.11 Å². The number of hydrogen-bond donors (Lipinski definition) is 3. The smallest absolute Gasteiger partial charge is 0.322 e. The monoisotopic (exact) mass is 266 g/mol. The van der Waals surface area contributed by atoms with Gasteiger partial charge >= 0.3 is 5.97 Å². The number of carboxylic acid groups (broad SMARTS) is 1. The van der Waals surface area contributed by atoms with E-state index in [9.17, 15) is 13.2 Å². The van der Waals surface area contributed by atoms with Crippen LogP contribution in [0.15, 0.2) is 0 Å². The summed E-state index contributed by atoms with van der Waals surface area (Å²) < 4.78 is 27.7. The number of hydrogen-bond acceptors (Lipinski definition) is 3. The van der Waals surface area contributed by atoms with Crippen LogP contribution >= 0.6 is 0 Å². The molecule has 102 valence electrons. The molecule has 2 unspecified atom stereocenters. The molecule has 0 aromatic carbocycles. The third-order valence-corrected chi connectivity index (χ3v) is 3.55. The molecule has 0 aliphatic carbocycles. The third-order valence-electron chi connectivity index (χ3n) is 2.44. The lowest BCUT2D eigenvalue weighted by Gasteiger charge is -2.20. The zero-order valence-electron chi connectivity index (χ0n) is 10.7. The van der Waals surface area contributed by atoms with Crippen LogP contribution in [0.3, 0.4) is 0 Å². The van der Waals surface area contributed by atoms with Crippen LogP contribution < -0.4 is 9.44 Å². The summed E-state index contributed by atoms with van der Waals surface area (Å²) in [6, 6.07) is -1.09. The molecule has 0 aromatic rings. The molecule has 0 rings (SSSR count). The summed E-state index contributed by atoms with van der Waals surface area (Å²) in [7, 11) is -3.76. The molecule has 0 bridgehead atoms. The van der Waals surface area contributed by atoms with Crippen molar-refractivity contribution >= 4 is 16.2 Å². The Labute approximate surface area is 103 Å². The Bertz CT molecular complexity index is 340. The van der Waals surface area contributed by atoms with Crippen molar-refractivity contribution in [3.8, 4) is 0 Å². The highest BCUT2D eigenvalue weighted by Crippen LogP contribution is 2.08. The van der Waals surface area contributed by atoms with Crippen molar-refractivity contribution in [1.29, 1.82) is 0 Å². The summed E-state index contributed by atoms with van der Waals surface area (Å²) in [5.74, 6) is -1.25. The first kappa shape index (κ1) is 16.3. The highest BCUT2D eigenvalue weighted by atomic mass is 32.2. The summed E-state index contributed by atoms with van der Waals surface area (Å²) in [6.07, 6.45) is 0.587. The molecule has 2 atom stereocenters. The zero-order chi connectivity index (χ0) is 13.6. The largest absolute Gasteiger partial charge is 0.480 e. The van der Waals surface area contributed by atoms with Crippen LogP contribution in [0.5, 0.6) is 0 Å². The number of carboxylic acids is 1. The highest BCUT2D eigenvalue weighted by molar-refractivity contribution is 7.87. The van der Waals surface area contributed by atoms with Crippen molar-refractivity contribution in [2.45, 2.75) is 40.2 Å². The van der Waals surface area contributed by atoms with Crippen LogP contribution in [0.25, 0.3) is 0 Å². The molecule has 0 aliphatic rings. The van der Waals surface area contributed by atoms with Gasteiger partial charge in [-0.1, -0.05) is 34.1 Å². The molecule has 0 aliphatic heterocycles. The van der Waals surface area contributed by atoms with Crippen molar-refractivity contribution in [3.63, 3.8) is 0 Å². The SMILES string of the molecule is CCC(C)C(NS(=O)(=O)NCC(C)C)C(=O)O. The molecule has 0 heterocycles. The normalized spacial score (nSPS) is 15.8. The molecular formula is C10H22N2O4S. The Kier molecular flexibility index (Phi) is 6.66. The molecule has 0 spiro atoms. The van der Waals surface area contributed by atoms with E-state index in [1.165, 1.54) is 0 Å². The van der Waals surface area contributed by atoms with Gasteiger partial charge in [-0.25, -0.2) is 4.72 Å². The second-order valence-electron chi connectivity index (χ2n) is 4.57. The summed E-state index contributed by atoms with van der Waals surface area (Å²) in [6.45, 7) is 7.53. The molecule has 0 aromatic heterocycles. The molecule has 17 heavy (non-hydrogen) atoms. The van der Waals surface area contributed by atoms with Crippen LogP contribution in [0.4, 0.5) is 0 Å². The van der Waals surface area contributed by atoms with Gasteiger partial charge in [0, 0.05) is 6.54 Å². The van der Waals surface area contributed by atoms with Crippen LogP contribution in [-0.4, -0.2) is 32.1 Å². The fourth-order valence-corrected chi connectivity index (χ4v) is 2.43. The molecule has 3 N–H and O–H groups in total. The van der Waals surface area contributed by atoms with Crippen molar-refractivity contribution in [3.05, 3.63) is 0 Å². The fourth-order valence-electron chi connectivity index (χ4n) is 1.13. The lowest BCUT2D eigenvalue weighted by molar-refractivity contribution is -0.140. The summed E-state index contributed by atoms with van der Waals surface area (Å²) >= 11 is 0. The zero-order valence-corrected chi connectivity index (χ0v) is 11.5. The van der Waals surface area contributed by atoms with E-state index in [1.54, 1.807) is 6.92 Å². The quantitative estimate of drug-likeness (QED) is 0.598. The first-order chi connectivity index (χ1) is 7.69. The average molecular weight is 266 g/mol. The van der Waals surface area contributed by atoms with Gasteiger partial charge in [0.25, 0.3) is 10.2 Å². The lowest BCUT2D eigenvalue weighted by atomic mass is 10.0. The van der Waals surface area contributed by atoms with Gasteiger partial charge in [-0.2, -0.15) is 13.1 Å². The predicted octanol–water partition coefficient (Wildman–Crippen LogP) is 0.566. The topological polar surface area (TPSA) is 95.5 Å². The maximum absolute atomic E-state index is 11.6. The van der Waals surface area contributed by atoms with Crippen LogP contribution in [0.2, 0.25) is 0 Å². The molecule has 0 saturated carbocycles. The van der Waals surface area contributed by atoms with Crippen molar-refractivity contribution in [2.75, 3.05) is 6.54 Å². The van der Waals surface area contributed by atoms with E-state index < -0.39 is 22.2 Å². The Morgan fingerprint density at radius 1 is 1.29 bits per heavy atom. The van der Waals surface area contributed by atoms with E-state index in [1.807, 2.05) is 20.8 Å². The Balaban J connectivity index is 4.59. The number of rotatable bonds is 8. The first-order valence-corrected chi connectivity index (χ1v) is 7.17. The minimum Gasteiger partial charge on any atom is -0.480 e. The summed E-state index contributed by atoms with van der Waals surface area (Å²) in [5.41, 5.74) is 0. The lowest BCUT2D eigenvalue weighted by Crippen LogP contribution is -2.49. The van der Waals surface area contributed by atoms with Gasteiger partial charge in [-0.05, 0) is 11.8 Å². The second-order valence-corrected chi connectivity index (χ2v) is 6.10. The van der Waals surface area contributed by atoms with Gasteiger partial charge in [0.05, 0.1) is 0 Å². The van der Waals surface area contributed by atoms with Gasteiger partial charge in [0.15, 0.2) is 0 Å². The van der Waals surface area contributed by atoms with E-state index in [0.29, 0.717) is 6.42 Å². The van der Waals surface area contributed by atoms with E-state index in [0.717, 1.165) is 0 Å². The Morgan fingerprint density at radius 3 is 2.18 bits per heavy atom. The molecular weight excluding hydrogens is 244 g/mol. The third kappa shape index (κ3) is 6.60. The molecule has 0 radical (unpaired) electrons. The van der Waals surface area contributed by atoms with Gasteiger partial charge in [0.2, 0.25) is 0 Å². The first-order valence-electron chi connectivity index (χ1n) is 5.69. The molecule has 0 amide bonds. The molecule has 7 heteroatoms. The van der Waals surface area contributed by atoms with Gasteiger partial charge in [-0.3, -0.25) is 4.79 Å². The Morgan fingerprint density at radius 2 is 1.82 bits per heavy atom. The maximum Gasteiger partial charge on any atom is 0.322 e. The van der Waals surface area contributed by atoms with Crippen LogP contribution in [0.1, 0.15) is 34.1 Å². The summed E-state index contributed by atoms with van der Waals surface area (Å²) in [4.78, 5) is 11.0. The van der Waals surface area contributed by atoms with Gasteiger partial charge in [-0.15, -0.1) is 0 Å². The second kappa shape index (κ2) is 6.93. The minimum absolute atomic E-state index is 0.165. The van der Waals surface area contributed by atoms with Gasteiger partial charge in [0.1, 0.15) is 6.04 Å². The fraction of sp³-hybridized carbons (Fsp3) is 0.900. The van der Waals surface area contributed by atoms with Crippen molar-refractivity contribution in [1.82, 2.24) is 9.44 Å². The number of carbonyl (C=O) groups is 1. The maximum atomic E-state index is 11.6. The molecule has 0 saturated heterocycles. The average Bonchev–Trinajstić information content (AvgIpc) is 2.22. The Hall–Kier alpha value is -0.660. The van der Waals surface area contributed by atoms with Crippen molar-refractivity contribution in [2.24, 2.45) is 11.8 Å². The molecule has 0 fully saturated rings. The standard InChI is InChI=1S/C10H22N2O4S/c1-5-8(4)9(10(13)14)12-17(15,16)11-6-7(2)3/h7-9,11-12H,5-6H2,1-4H3,(H,13,14). The summed E-state index contributed by atoms with van der Waals surface area (Å²) in [5, 5.41) is 8.96. The number of nitrogens with one attached hydrogen (secondary N) is 2. The van der Waals surface area contributed by atoms with E-state index in [2.05, 4.69) is 9.44 Å². The van der Waals surface area contributed by atoms with E-state index in [-0.39, 0.29) is 18.4 Å². The van der Waals surface area contributed by atoms with E-state index >= 15 is 0 Å². The predicted molar refractivity (Wildman–Crippen MR) is 65.8 cm³/mol. The molecule has 6 nitrogen and oxygen atoms in total. The van der Waals surface area contributed by atoms with Crippen molar-refractivity contribution < 1.29 is 18.3 Å². The van der Waals surface area contributed by atoms with Crippen LogP contribution in [0, 0.1) is 11.8 Å².